The second-order valence-electron chi connectivity index (χ2n) is 12.7. The highest BCUT2D eigenvalue weighted by Crippen LogP contribution is 2.40. The average Bonchev–Trinajstić information content (AvgIpc) is 2.88. The van der Waals surface area contributed by atoms with Crippen LogP contribution < -0.4 is 0 Å². The number of aliphatic hydroxyl groups excluding tert-OH is 1. The molecule has 0 aromatic carbocycles. The van der Waals surface area contributed by atoms with Crippen LogP contribution in [0.3, 0.4) is 0 Å². The first kappa shape index (κ1) is 36.8. The fourth-order valence-electron chi connectivity index (χ4n) is 4.45. The Balaban J connectivity index is 2.61. The molecule has 2 N–H and O–H groups in total. The molecule has 0 saturated heterocycles. The van der Waals surface area contributed by atoms with Gasteiger partial charge in [-0.3, -0.25) is 0 Å². The third-order valence-corrected chi connectivity index (χ3v) is 7.30. The van der Waals surface area contributed by atoms with Crippen molar-refractivity contribution in [3.05, 3.63) is 142 Å². The molecule has 1 aliphatic carbocycles. The summed E-state index contributed by atoms with van der Waals surface area (Å²) in [6.45, 7) is 20.5. The third kappa shape index (κ3) is 15.7. The van der Waals surface area contributed by atoms with Gasteiger partial charge >= 0.3 is 0 Å². The van der Waals surface area contributed by atoms with E-state index in [0.29, 0.717) is 0 Å². The maximum absolute atomic E-state index is 9.88. The second-order valence-corrected chi connectivity index (χ2v) is 12.7. The van der Waals surface area contributed by atoms with Crippen LogP contribution >= 0.6 is 0 Å². The standard InChI is InChI=1S/C40H56O2/c1-31(19-13-21-33(3)22-15-24-35(5)27-29-38(41)40(9,10)42)17-11-12-18-32(2)20-14-23-34(4)26-28-37-36(6)25-16-30-39(37,7)8/h11-15,17-24,26-29,38,41-42H,16,25,30H2,1-10H3. The first-order chi connectivity index (χ1) is 19.6. The van der Waals surface area contributed by atoms with Gasteiger partial charge in [0.05, 0.1) is 5.60 Å². The lowest BCUT2D eigenvalue weighted by molar-refractivity contribution is -0.0226. The minimum Gasteiger partial charge on any atom is -0.387 e. The molecule has 0 aromatic heterocycles. The van der Waals surface area contributed by atoms with Gasteiger partial charge in [-0.1, -0.05) is 151 Å². The van der Waals surface area contributed by atoms with Crippen LogP contribution in [0.15, 0.2) is 142 Å². The van der Waals surface area contributed by atoms with E-state index >= 15 is 0 Å². The van der Waals surface area contributed by atoms with Gasteiger partial charge in [0.1, 0.15) is 6.10 Å². The van der Waals surface area contributed by atoms with Gasteiger partial charge in [-0.05, 0) is 85.6 Å². The Morgan fingerprint density at radius 1 is 0.690 bits per heavy atom. The van der Waals surface area contributed by atoms with Crippen molar-refractivity contribution in [2.45, 2.75) is 100 Å². The molecule has 0 radical (unpaired) electrons. The number of allylic oxidation sites excluding steroid dienone is 23. The Morgan fingerprint density at radius 2 is 1.10 bits per heavy atom. The lowest BCUT2D eigenvalue weighted by atomic mass is 9.72. The summed E-state index contributed by atoms with van der Waals surface area (Å²) in [7, 11) is 0. The van der Waals surface area contributed by atoms with Crippen LogP contribution in [0.2, 0.25) is 0 Å². The van der Waals surface area contributed by atoms with Crippen molar-refractivity contribution in [1.29, 1.82) is 0 Å². The van der Waals surface area contributed by atoms with Crippen LogP contribution in [0, 0.1) is 5.41 Å². The van der Waals surface area contributed by atoms with Gasteiger partial charge in [0, 0.05) is 0 Å². The number of aliphatic hydroxyl groups is 2. The highest BCUT2D eigenvalue weighted by molar-refractivity contribution is 5.37. The predicted molar refractivity (Wildman–Crippen MR) is 186 cm³/mol. The zero-order chi connectivity index (χ0) is 31.8. The normalized spacial score (nSPS) is 19.8. The number of rotatable bonds is 13. The molecule has 1 atom stereocenters. The quantitative estimate of drug-likeness (QED) is 0.217. The fraction of sp³-hybridized carbons (Fsp3) is 0.400. The first-order valence-electron chi connectivity index (χ1n) is 15.2. The van der Waals surface area contributed by atoms with Crippen LogP contribution in [-0.4, -0.2) is 21.9 Å². The molecule has 1 rings (SSSR count). The van der Waals surface area contributed by atoms with E-state index in [1.54, 1.807) is 19.9 Å². The molecule has 0 aromatic rings. The van der Waals surface area contributed by atoms with E-state index in [0.717, 1.165) is 11.1 Å². The van der Waals surface area contributed by atoms with Crippen LogP contribution in [-0.2, 0) is 0 Å². The summed E-state index contributed by atoms with van der Waals surface area (Å²) in [5, 5.41) is 19.7. The van der Waals surface area contributed by atoms with Crippen molar-refractivity contribution in [2.24, 2.45) is 5.41 Å². The predicted octanol–water partition coefficient (Wildman–Crippen LogP) is 10.7. The molecule has 228 valence electrons. The molecule has 0 heterocycles. The maximum Gasteiger partial charge on any atom is 0.101 e. The van der Waals surface area contributed by atoms with Gasteiger partial charge in [0.2, 0.25) is 0 Å². The van der Waals surface area contributed by atoms with Crippen LogP contribution in [0.4, 0.5) is 0 Å². The Bertz CT molecular complexity index is 1250. The number of hydrogen-bond acceptors (Lipinski definition) is 2. The molecule has 1 unspecified atom stereocenters. The van der Waals surface area contributed by atoms with E-state index in [2.05, 4.69) is 121 Å². The third-order valence-electron chi connectivity index (χ3n) is 7.30. The zero-order valence-corrected chi connectivity index (χ0v) is 27.9. The van der Waals surface area contributed by atoms with Gasteiger partial charge < -0.3 is 10.2 Å². The Morgan fingerprint density at radius 3 is 1.52 bits per heavy atom. The van der Waals surface area contributed by atoms with Crippen molar-refractivity contribution in [2.75, 3.05) is 0 Å². The topological polar surface area (TPSA) is 40.5 Å². The smallest absolute Gasteiger partial charge is 0.101 e. The summed E-state index contributed by atoms with van der Waals surface area (Å²) in [4.78, 5) is 0. The van der Waals surface area contributed by atoms with Gasteiger partial charge in [-0.25, -0.2) is 0 Å². The van der Waals surface area contributed by atoms with Crippen LogP contribution in [0.5, 0.6) is 0 Å². The summed E-state index contributed by atoms with van der Waals surface area (Å²) >= 11 is 0. The molecule has 42 heavy (non-hydrogen) atoms. The Hall–Kier alpha value is -3.20. The van der Waals surface area contributed by atoms with Gasteiger partial charge in [0.25, 0.3) is 0 Å². The van der Waals surface area contributed by atoms with Gasteiger partial charge in [-0.15, -0.1) is 0 Å². The summed E-state index contributed by atoms with van der Waals surface area (Å²) < 4.78 is 0. The van der Waals surface area contributed by atoms with Gasteiger partial charge in [-0.2, -0.15) is 0 Å². The van der Waals surface area contributed by atoms with E-state index < -0.39 is 11.7 Å². The lowest BCUT2D eigenvalue weighted by Crippen LogP contribution is -2.34. The molecular formula is C40H56O2. The molecule has 0 spiro atoms. The van der Waals surface area contributed by atoms with E-state index in [4.69, 9.17) is 0 Å². The highest BCUT2D eigenvalue weighted by atomic mass is 16.3. The molecule has 0 bridgehead atoms. The van der Waals surface area contributed by atoms with E-state index in [1.165, 1.54) is 47.1 Å². The van der Waals surface area contributed by atoms with E-state index in [-0.39, 0.29) is 5.41 Å². The monoisotopic (exact) mass is 568 g/mol. The average molecular weight is 569 g/mol. The molecule has 0 fully saturated rings. The van der Waals surface area contributed by atoms with Crippen molar-refractivity contribution in [3.8, 4) is 0 Å². The van der Waals surface area contributed by atoms with Crippen LogP contribution in [0.25, 0.3) is 0 Å². The Kier molecular flexibility index (Phi) is 16.1. The zero-order valence-electron chi connectivity index (χ0n) is 27.9. The summed E-state index contributed by atoms with van der Waals surface area (Å²) in [5.74, 6) is 0. The summed E-state index contributed by atoms with van der Waals surface area (Å²) in [6.07, 6.45) is 37.9. The minimum absolute atomic E-state index is 0.276. The van der Waals surface area contributed by atoms with Crippen molar-refractivity contribution in [1.82, 2.24) is 0 Å². The molecule has 0 aliphatic heterocycles. The van der Waals surface area contributed by atoms with Crippen molar-refractivity contribution >= 4 is 0 Å². The Labute approximate surface area is 257 Å². The molecule has 0 saturated carbocycles. The first-order valence-corrected chi connectivity index (χ1v) is 15.2. The number of hydrogen-bond donors (Lipinski definition) is 2. The van der Waals surface area contributed by atoms with Gasteiger partial charge in [0.15, 0.2) is 0 Å². The molecule has 1 aliphatic rings. The fourth-order valence-corrected chi connectivity index (χ4v) is 4.45. The lowest BCUT2D eigenvalue weighted by Gasteiger charge is -2.32. The SMILES string of the molecule is CC(C=CC=C(C)C=CC=C(C)C=CC(O)C(C)(C)O)=CC=CC=C(C)C=CC=C(C)C=CC1=C(C)CCCC1(C)C. The summed E-state index contributed by atoms with van der Waals surface area (Å²) in [5.41, 5.74) is 7.92. The highest BCUT2D eigenvalue weighted by Gasteiger charge is 2.26. The minimum atomic E-state index is -1.15. The molecule has 0 amide bonds. The van der Waals surface area contributed by atoms with E-state index in [1.807, 2.05) is 31.2 Å². The largest absolute Gasteiger partial charge is 0.387 e. The summed E-state index contributed by atoms with van der Waals surface area (Å²) in [6, 6.07) is 0. The van der Waals surface area contributed by atoms with Crippen molar-refractivity contribution in [3.63, 3.8) is 0 Å². The van der Waals surface area contributed by atoms with E-state index in [9.17, 15) is 10.2 Å². The molecule has 2 heteroatoms. The maximum atomic E-state index is 9.88. The van der Waals surface area contributed by atoms with Crippen molar-refractivity contribution < 1.29 is 10.2 Å². The molecular weight excluding hydrogens is 512 g/mol. The second kappa shape index (κ2) is 18.4. The molecule has 2 nitrogen and oxygen atoms in total. The van der Waals surface area contributed by atoms with Crippen LogP contribution in [0.1, 0.15) is 88.5 Å².